The Morgan fingerprint density at radius 2 is 1.82 bits per heavy atom. The first-order valence-corrected chi connectivity index (χ1v) is 8.32. The number of nitrogens with zero attached hydrogens (tertiary/aromatic N) is 1. The van der Waals surface area contributed by atoms with E-state index >= 15 is 0 Å². The third kappa shape index (κ3) is 3.57. The Kier molecular flexibility index (Phi) is 5.12. The maximum absolute atomic E-state index is 14.5. The standard InChI is InChI=1S/C20H16FNO6/c1-22-14-10-16(28-11-5-3-2-4-6-11)13(21)9-12(14)19(26)18(20(22)27)15(23)7-8-17(24)25/h2-6,9-10,26H,7-8H2,1H3,(H,24,25). The van der Waals surface area contributed by atoms with Gasteiger partial charge in [0.15, 0.2) is 17.3 Å². The van der Waals surface area contributed by atoms with E-state index in [2.05, 4.69) is 0 Å². The topological polar surface area (TPSA) is 106 Å². The van der Waals surface area contributed by atoms with Gasteiger partial charge in [0.2, 0.25) is 0 Å². The minimum atomic E-state index is -1.21. The van der Waals surface area contributed by atoms with E-state index in [4.69, 9.17) is 9.84 Å². The molecule has 28 heavy (non-hydrogen) atoms. The lowest BCUT2D eigenvalue weighted by Crippen LogP contribution is -2.25. The highest BCUT2D eigenvalue weighted by molar-refractivity contribution is 6.04. The third-order valence-electron chi connectivity index (χ3n) is 4.24. The van der Waals surface area contributed by atoms with Crippen molar-refractivity contribution in [1.82, 2.24) is 4.57 Å². The number of aromatic hydroxyl groups is 1. The van der Waals surface area contributed by atoms with Crippen LogP contribution in [0.2, 0.25) is 0 Å². The summed E-state index contributed by atoms with van der Waals surface area (Å²) in [6.07, 6.45) is -0.945. The smallest absolute Gasteiger partial charge is 0.303 e. The van der Waals surface area contributed by atoms with Gasteiger partial charge in [-0.05, 0) is 18.2 Å². The van der Waals surface area contributed by atoms with Crippen molar-refractivity contribution in [2.45, 2.75) is 12.8 Å². The van der Waals surface area contributed by atoms with Crippen molar-refractivity contribution >= 4 is 22.7 Å². The molecule has 0 aliphatic rings. The van der Waals surface area contributed by atoms with Gasteiger partial charge in [0.1, 0.15) is 17.1 Å². The summed E-state index contributed by atoms with van der Waals surface area (Å²) in [4.78, 5) is 35.4. The number of hydrogen-bond donors (Lipinski definition) is 2. The number of Topliss-reactive ketones (excluding diaryl/α,β-unsaturated/α-hetero) is 1. The molecule has 0 unspecified atom stereocenters. The van der Waals surface area contributed by atoms with E-state index in [-0.39, 0.29) is 16.7 Å². The number of carboxylic acid groups (broad SMARTS) is 1. The van der Waals surface area contributed by atoms with Gasteiger partial charge in [-0.15, -0.1) is 0 Å². The fraction of sp³-hybridized carbons (Fsp3) is 0.150. The zero-order chi connectivity index (χ0) is 20.4. The quantitative estimate of drug-likeness (QED) is 0.631. The van der Waals surface area contributed by atoms with E-state index in [1.807, 2.05) is 0 Å². The number of ketones is 1. The summed E-state index contributed by atoms with van der Waals surface area (Å²) < 4.78 is 21.1. The summed E-state index contributed by atoms with van der Waals surface area (Å²) in [5, 5.41) is 19.1. The maximum Gasteiger partial charge on any atom is 0.303 e. The number of fused-ring (bicyclic) bond motifs is 1. The van der Waals surface area contributed by atoms with Gasteiger partial charge in [0, 0.05) is 24.9 Å². The molecule has 7 nitrogen and oxygen atoms in total. The van der Waals surface area contributed by atoms with Crippen molar-refractivity contribution in [3.05, 3.63) is 64.2 Å². The fourth-order valence-electron chi connectivity index (χ4n) is 2.81. The number of aliphatic carboxylic acids is 1. The number of carbonyl (C=O) groups excluding carboxylic acids is 1. The molecule has 8 heteroatoms. The first kappa shape index (κ1) is 19.1. The molecule has 0 amide bonds. The number of rotatable bonds is 6. The van der Waals surface area contributed by atoms with Gasteiger partial charge >= 0.3 is 5.97 Å². The molecule has 1 aromatic heterocycles. The molecule has 2 aromatic carbocycles. The summed E-state index contributed by atoms with van der Waals surface area (Å²) >= 11 is 0. The molecule has 144 valence electrons. The summed E-state index contributed by atoms with van der Waals surface area (Å²) in [5.74, 6) is -3.28. The van der Waals surface area contributed by atoms with Crippen molar-refractivity contribution in [1.29, 1.82) is 0 Å². The van der Waals surface area contributed by atoms with Gasteiger partial charge in [-0.25, -0.2) is 4.39 Å². The molecule has 1 heterocycles. The zero-order valence-electron chi connectivity index (χ0n) is 14.8. The van der Waals surface area contributed by atoms with Crippen LogP contribution >= 0.6 is 0 Å². The lowest BCUT2D eigenvalue weighted by Gasteiger charge is -2.13. The van der Waals surface area contributed by atoms with Crippen molar-refractivity contribution < 1.29 is 28.9 Å². The monoisotopic (exact) mass is 385 g/mol. The summed E-state index contributed by atoms with van der Waals surface area (Å²) in [6.45, 7) is 0. The number of ether oxygens (including phenoxy) is 1. The molecule has 0 aliphatic carbocycles. The van der Waals surface area contributed by atoms with E-state index in [1.165, 1.54) is 13.1 Å². The molecule has 0 atom stereocenters. The predicted molar refractivity (Wildman–Crippen MR) is 98.5 cm³/mol. The molecule has 0 aliphatic heterocycles. The van der Waals surface area contributed by atoms with Crippen LogP contribution in [-0.4, -0.2) is 26.5 Å². The molecular formula is C20H16FNO6. The van der Waals surface area contributed by atoms with Crippen molar-refractivity contribution in [2.75, 3.05) is 0 Å². The second kappa shape index (κ2) is 7.51. The molecule has 0 bridgehead atoms. The highest BCUT2D eigenvalue weighted by Crippen LogP contribution is 2.33. The average Bonchev–Trinajstić information content (AvgIpc) is 2.66. The second-order valence-corrected chi connectivity index (χ2v) is 6.12. The number of aryl methyl sites for hydroxylation is 1. The van der Waals surface area contributed by atoms with Crippen LogP contribution < -0.4 is 10.3 Å². The van der Waals surface area contributed by atoms with E-state index < -0.39 is 47.3 Å². The summed E-state index contributed by atoms with van der Waals surface area (Å²) in [7, 11) is 1.36. The average molecular weight is 385 g/mol. The van der Waals surface area contributed by atoms with Crippen molar-refractivity contribution in [3.63, 3.8) is 0 Å². The van der Waals surface area contributed by atoms with E-state index in [0.29, 0.717) is 5.75 Å². The van der Waals surface area contributed by atoms with Crippen LogP contribution in [0.3, 0.4) is 0 Å². The number of pyridine rings is 1. The zero-order valence-corrected chi connectivity index (χ0v) is 14.8. The lowest BCUT2D eigenvalue weighted by molar-refractivity contribution is -0.136. The molecule has 0 fully saturated rings. The minimum Gasteiger partial charge on any atom is -0.506 e. The number of benzene rings is 2. The summed E-state index contributed by atoms with van der Waals surface area (Å²) in [5.41, 5.74) is -1.21. The van der Waals surface area contributed by atoms with Crippen LogP contribution in [0.4, 0.5) is 4.39 Å². The van der Waals surface area contributed by atoms with E-state index in [1.54, 1.807) is 30.3 Å². The van der Waals surface area contributed by atoms with Gasteiger partial charge in [-0.2, -0.15) is 0 Å². The molecule has 3 aromatic rings. The van der Waals surface area contributed by atoms with Crippen LogP contribution in [0.15, 0.2) is 47.3 Å². The minimum absolute atomic E-state index is 0.0568. The highest BCUT2D eigenvalue weighted by Gasteiger charge is 2.23. The Morgan fingerprint density at radius 3 is 2.46 bits per heavy atom. The Morgan fingerprint density at radius 1 is 1.14 bits per heavy atom. The molecule has 0 saturated heterocycles. The van der Waals surface area contributed by atoms with Gasteiger partial charge in [-0.1, -0.05) is 18.2 Å². The first-order valence-electron chi connectivity index (χ1n) is 8.32. The molecule has 2 N–H and O–H groups in total. The number of carboxylic acids is 1. The van der Waals surface area contributed by atoms with Gasteiger partial charge in [0.05, 0.1) is 11.9 Å². The van der Waals surface area contributed by atoms with Crippen LogP contribution in [0.5, 0.6) is 17.2 Å². The molecular weight excluding hydrogens is 369 g/mol. The van der Waals surface area contributed by atoms with Crippen molar-refractivity contribution in [3.8, 4) is 17.2 Å². The number of aromatic nitrogens is 1. The van der Waals surface area contributed by atoms with Crippen LogP contribution in [-0.2, 0) is 11.8 Å². The Hall–Kier alpha value is -3.68. The molecule has 3 rings (SSSR count). The second-order valence-electron chi connectivity index (χ2n) is 6.12. The number of hydrogen-bond acceptors (Lipinski definition) is 5. The number of para-hydroxylation sites is 1. The third-order valence-corrected chi connectivity index (χ3v) is 4.24. The number of carbonyl (C=O) groups is 2. The SMILES string of the molecule is Cn1c(=O)c(C(=O)CCC(=O)O)c(O)c2cc(F)c(Oc3ccccc3)cc21. The molecule has 0 saturated carbocycles. The highest BCUT2D eigenvalue weighted by atomic mass is 19.1. The van der Waals surface area contributed by atoms with E-state index in [0.717, 1.165) is 10.6 Å². The Balaban J connectivity index is 2.12. The first-order chi connectivity index (χ1) is 13.3. The van der Waals surface area contributed by atoms with Gasteiger partial charge in [-0.3, -0.25) is 14.4 Å². The largest absolute Gasteiger partial charge is 0.506 e. The lowest BCUT2D eigenvalue weighted by atomic mass is 10.0. The Labute approximate surface area is 158 Å². The Bertz CT molecular complexity index is 1140. The van der Waals surface area contributed by atoms with Crippen molar-refractivity contribution in [2.24, 2.45) is 7.05 Å². The maximum atomic E-state index is 14.5. The van der Waals surface area contributed by atoms with Gasteiger partial charge in [0.25, 0.3) is 5.56 Å². The van der Waals surface area contributed by atoms with Crippen LogP contribution in [0.25, 0.3) is 10.9 Å². The number of halogens is 1. The normalized spacial score (nSPS) is 10.8. The van der Waals surface area contributed by atoms with Crippen LogP contribution in [0.1, 0.15) is 23.2 Å². The van der Waals surface area contributed by atoms with E-state index in [9.17, 15) is 23.9 Å². The molecule has 0 radical (unpaired) electrons. The summed E-state index contributed by atoms with van der Waals surface area (Å²) in [6, 6.07) is 10.7. The van der Waals surface area contributed by atoms with Gasteiger partial charge < -0.3 is 19.5 Å². The van der Waals surface area contributed by atoms with Crippen LogP contribution in [0, 0.1) is 5.82 Å². The fourth-order valence-corrected chi connectivity index (χ4v) is 2.81. The predicted octanol–water partition coefficient (Wildman–Crippen LogP) is 3.22. The molecule has 0 spiro atoms.